The smallest absolute Gasteiger partial charge is 0.259 e. The lowest BCUT2D eigenvalue weighted by Gasteiger charge is -2.18. The first-order chi connectivity index (χ1) is 11.6. The van der Waals surface area contributed by atoms with Crippen molar-refractivity contribution in [2.75, 3.05) is 15.4 Å². The summed E-state index contributed by atoms with van der Waals surface area (Å²) in [6.07, 6.45) is 1.54. The number of carbonyl (C=O) groups is 2. The Kier molecular flexibility index (Phi) is 4.34. The Balaban J connectivity index is 2.00. The summed E-state index contributed by atoms with van der Waals surface area (Å²) >= 11 is 7.31. The van der Waals surface area contributed by atoms with E-state index in [0.717, 1.165) is 4.31 Å². The third-order valence-electron chi connectivity index (χ3n) is 3.67. The summed E-state index contributed by atoms with van der Waals surface area (Å²) in [7, 11) is -3.80. The highest BCUT2D eigenvalue weighted by Gasteiger charge is 2.50. The molecule has 0 bridgehead atoms. The largest absolute Gasteiger partial charge is 0.298 e. The molecule has 1 aromatic carbocycles. The maximum absolute atomic E-state index is 12.5. The molecule has 132 valence electrons. The molecule has 1 N–H and O–H groups in total. The topological polar surface area (TPSA) is 96.4 Å². The molecule has 1 aliphatic rings. The van der Waals surface area contributed by atoms with Gasteiger partial charge >= 0.3 is 0 Å². The summed E-state index contributed by atoms with van der Waals surface area (Å²) in [6.45, 7) is 3.14. The van der Waals surface area contributed by atoms with E-state index in [4.69, 9.17) is 11.6 Å². The van der Waals surface area contributed by atoms with Crippen molar-refractivity contribution in [2.45, 2.75) is 13.8 Å². The van der Waals surface area contributed by atoms with Crippen molar-refractivity contribution in [2.24, 2.45) is 5.41 Å². The van der Waals surface area contributed by atoms with Crippen LogP contribution in [0.4, 0.5) is 10.8 Å². The van der Waals surface area contributed by atoms with Gasteiger partial charge in [0.15, 0.2) is 5.13 Å². The van der Waals surface area contributed by atoms with Crippen LogP contribution in [0, 0.1) is 5.41 Å². The molecule has 1 aliphatic heterocycles. The Hall–Kier alpha value is -1.97. The van der Waals surface area contributed by atoms with Crippen LogP contribution in [0.1, 0.15) is 24.2 Å². The van der Waals surface area contributed by atoms with Crippen LogP contribution in [0.25, 0.3) is 0 Å². The molecule has 2 heterocycles. The SMILES string of the molecule is CC1(C)CS(=O)(=O)N(c2ccc(Cl)c(C(=O)Nc3nccs3)c2)C1=O. The number of nitrogens with one attached hydrogen (secondary N) is 1. The van der Waals surface area contributed by atoms with Crippen molar-refractivity contribution in [3.63, 3.8) is 0 Å². The normalized spacial score (nSPS) is 18.4. The van der Waals surface area contributed by atoms with Crippen LogP contribution in [0.5, 0.6) is 0 Å². The lowest BCUT2D eigenvalue weighted by atomic mass is 9.95. The van der Waals surface area contributed by atoms with Gasteiger partial charge in [-0.3, -0.25) is 14.9 Å². The molecule has 1 fully saturated rings. The van der Waals surface area contributed by atoms with Crippen molar-refractivity contribution < 1.29 is 18.0 Å². The second kappa shape index (κ2) is 6.08. The summed E-state index contributed by atoms with van der Waals surface area (Å²) in [5, 5.41) is 4.80. The zero-order chi connectivity index (χ0) is 18.4. The number of rotatable bonds is 3. The van der Waals surface area contributed by atoms with Gasteiger partial charge in [-0.2, -0.15) is 0 Å². The van der Waals surface area contributed by atoms with Crippen LogP contribution in [0.3, 0.4) is 0 Å². The lowest BCUT2D eigenvalue weighted by molar-refractivity contribution is -0.123. The minimum atomic E-state index is -3.80. The van der Waals surface area contributed by atoms with Crippen molar-refractivity contribution in [3.8, 4) is 0 Å². The van der Waals surface area contributed by atoms with E-state index in [1.165, 1.54) is 35.7 Å². The molecule has 10 heteroatoms. The number of benzene rings is 1. The van der Waals surface area contributed by atoms with E-state index in [0.29, 0.717) is 5.13 Å². The van der Waals surface area contributed by atoms with Crippen molar-refractivity contribution in [1.82, 2.24) is 4.98 Å². The fraction of sp³-hybridized carbons (Fsp3) is 0.267. The van der Waals surface area contributed by atoms with Gasteiger partial charge in [0.05, 0.1) is 27.4 Å². The van der Waals surface area contributed by atoms with Crippen molar-refractivity contribution >= 4 is 55.6 Å². The van der Waals surface area contributed by atoms with Crippen LogP contribution in [0.15, 0.2) is 29.8 Å². The van der Waals surface area contributed by atoms with Gasteiger partial charge in [0.25, 0.3) is 5.91 Å². The highest BCUT2D eigenvalue weighted by atomic mass is 35.5. The van der Waals surface area contributed by atoms with Gasteiger partial charge < -0.3 is 0 Å². The number of thiazole rings is 1. The van der Waals surface area contributed by atoms with Crippen LogP contribution >= 0.6 is 22.9 Å². The summed E-state index contributed by atoms with van der Waals surface area (Å²) in [5.74, 6) is -1.37. The average molecular weight is 400 g/mol. The Bertz CT molecular complexity index is 955. The van der Waals surface area contributed by atoms with Crippen LogP contribution in [0.2, 0.25) is 5.02 Å². The number of nitrogens with zero attached hydrogens (tertiary/aromatic N) is 2. The van der Waals surface area contributed by atoms with E-state index in [1.54, 1.807) is 19.2 Å². The highest BCUT2D eigenvalue weighted by Crippen LogP contribution is 2.37. The fourth-order valence-corrected chi connectivity index (χ4v) is 5.35. The molecule has 1 saturated heterocycles. The number of carbonyl (C=O) groups excluding carboxylic acids is 2. The van der Waals surface area contributed by atoms with Crippen LogP contribution in [-0.4, -0.2) is 31.0 Å². The molecule has 0 spiro atoms. The monoisotopic (exact) mass is 399 g/mol. The van der Waals surface area contributed by atoms with Crippen LogP contribution in [-0.2, 0) is 14.8 Å². The quantitative estimate of drug-likeness (QED) is 0.855. The zero-order valence-corrected chi connectivity index (χ0v) is 15.7. The highest BCUT2D eigenvalue weighted by molar-refractivity contribution is 7.94. The molecule has 7 nitrogen and oxygen atoms in total. The van der Waals surface area contributed by atoms with Gasteiger partial charge in [-0.05, 0) is 32.0 Å². The van der Waals surface area contributed by atoms with E-state index in [2.05, 4.69) is 10.3 Å². The van der Waals surface area contributed by atoms with E-state index < -0.39 is 27.3 Å². The predicted molar refractivity (Wildman–Crippen MR) is 96.6 cm³/mol. The van der Waals surface area contributed by atoms with E-state index in [1.807, 2.05) is 0 Å². The standard InChI is InChI=1S/C15H14ClN3O4S2/c1-15(2)8-25(22,23)19(13(15)21)9-3-4-11(16)10(7-9)12(20)18-14-17-5-6-24-14/h3-7H,8H2,1-2H3,(H,17,18,20). The van der Waals surface area contributed by atoms with Gasteiger partial charge in [-0.25, -0.2) is 17.7 Å². The number of halogens is 1. The number of sulfonamides is 1. The molecule has 25 heavy (non-hydrogen) atoms. The van der Waals surface area contributed by atoms with E-state index in [9.17, 15) is 18.0 Å². The molecule has 0 saturated carbocycles. The van der Waals surface area contributed by atoms with E-state index >= 15 is 0 Å². The van der Waals surface area contributed by atoms with Crippen LogP contribution < -0.4 is 9.62 Å². The van der Waals surface area contributed by atoms with Gasteiger partial charge in [0.2, 0.25) is 15.9 Å². The second-order valence-corrected chi connectivity index (χ2v) is 9.28. The summed E-state index contributed by atoms with van der Waals surface area (Å²) in [4.78, 5) is 28.8. The number of aromatic nitrogens is 1. The van der Waals surface area contributed by atoms with Gasteiger partial charge in [0.1, 0.15) is 0 Å². The maximum Gasteiger partial charge on any atom is 0.259 e. The molecule has 1 aromatic heterocycles. The maximum atomic E-state index is 12.5. The number of anilines is 2. The fourth-order valence-electron chi connectivity index (χ4n) is 2.52. The first kappa shape index (κ1) is 17.8. The number of hydrogen-bond donors (Lipinski definition) is 1. The average Bonchev–Trinajstić information content (AvgIpc) is 3.05. The molecule has 2 amide bonds. The van der Waals surface area contributed by atoms with E-state index in [-0.39, 0.29) is 22.0 Å². The summed E-state index contributed by atoms with van der Waals surface area (Å²) < 4.78 is 25.5. The predicted octanol–water partition coefficient (Wildman–Crippen LogP) is 2.75. The Morgan fingerprint density at radius 3 is 2.68 bits per heavy atom. The second-order valence-electron chi connectivity index (χ2n) is 6.17. The van der Waals surface area contributed by atoms with Gasteiger partial charge in [-0.15, -0.1) is 11.3 Å². The Morgan fingerprint density at radius 2 is 2.12 bits per heavy atom. The molecule has 2 aromatic rings. The number of hydrogen-bond acceptors (Lipinski definition) is 6. The summed E-state index contributed by atoms with van der Waals surface area (Å²) in [5.41, 5.74) is -0.881. The Labute approximate surface area is 153 Å². The summed E-state index contributed by atoms with van der Waals surface area (Å²) in [6, 6.07) is 4.09. The molecule has 0 atom stereocenters. The van der Waals surface area contributed by atoms with Gasteiger partial charge in [0, 0.05) is 11.6 Å². The van der Waals surface area contributed by atoms with Crippen molar-refractivity contribution in [3.05, 3.63) is 40.4 Å². The first-order valence-electron chi connectivity index (χ1n) is 7.20. The molecular weight excluding hydrogens is 386 g/mol. The molecule has 0 unspecified atom stereocenters. The third kappa shape index (κ3) is 3.26. The third-order valence-corrected chi connectivity index (χ3v) is 6.70. The molecule has 0 radical (unpaired) electrons. The Morgan fingerprint density at radius 1 is 1.40 bits per heavy atom. The minimum Gasteiger partial charge on any atom is -0.298 e. The zero-order valence-electron chi connectivity index (χ0n) is 13.3. The molecule has 3 rings (SSSR count). The molecular formula is C15H14ClN3O4S2. The van der Waals surface area contributed by atoms with Crippen molar-refractivity contribution in [1.29, 1.82) is 0 Å². The first-order valence-corrected chi connectivity index (χ1v) is 10.1. The van der Waals surface area contributed by atoms with Gasteiger partial charge in [-0.1, -0.05) is 11.6 Å². The number of amides is 2. The lowest BCUT2D eigenvalue weighted by Crippen LogP contribution is -2.33. The minimum absolute atomic E-state index is 0.0575. The molecule has 0 aliphatic carbocycles.